The van der Waals surface area contributed by atoms with Crippen molar-refractivity contribution in [1.82, 2.24) is 0 Å². The van der Waals surface area contributed by atoms with Gasteiger partial charge in [0.1, 0.15) is 0 Å². The highest BCUT2D eigenvalue weighted by Crippen LogP contribution is 2.21. The number of carbonyl (C=O) groups is 1. The van der Waals surface area contributed by atoms with E-state index < -0.39 is 0 Å². The van der Waals surface area contributed by atoms with Crippen molar-refractivity contribution >= 4 is 16.6 Å². The molecule has 2 aromatic rings. The highest BCUT2D eigenvalue weighted by Gasteiger charge is 2.06. The van der Waals surface area contributed by atoms with E-state index in [1.165, 1.54) is 5.56 Å². The molecule has 2 aromatic carbocycles. The van der Waals surface area contributed by atoms with Crippen LogP contribution in [0.5, 0.6) is 0 Å². The number of benzene rings is 2. The van der Waals surface area contributed by atoms with E-state index in [-0.39, 0.29) is 5.78 Å². The third kappa shape index (κ3) is 1.78. The predicted molar refractivity (Wildman–Crippen MR) is 63.3 cm³/mol. The molecule has 1 heteroatoms. The molecule has 0 aliphatic heterocycles. The van der Waals surface area contributed by atoms with E-state index in [0.717, 1.165) is 16.3 Å². The van der Waals surface area contributed by atoms with Crippen LogP contribution in [0.25, 0.3) is 10.8 Å². The second-order valence-electron chi connectivity index (χ2n) is 3.81. The van der Waals surface area contributed by atoms with E-state index in [0.29, 0.717) is 6.42 Å². The molecule has 15 heavy (non-hydrogen) atoms. The Balaban J connectivity index is 2.71. The van der Waals surface area contributed by atoms with Crippen LogP contribution < -0.4 is 0 Å². The lowest BCUT2D eigenvalue weighted by molar-refractivity contribution is 0.0990. The van der Waals surface area contributed by atoms with Crippen LogP contribution in [0.15, 0.2) is 36.4 Å². The molecule has 2 rings (SSSR count). The first-order valence-electron chi connectivity index (χ1n) is 5.25. The number of hydrogen-bond acceptors (Lipinski definition) is 1. The normalized spacial score (nSPS) is 10.5. The third-order valence-electron chi connectivity index (χ3n) is 2.66. The van der Waals surface area contributed by atoms with Gasteiger partial charge in [0.2, 0.25) is 0 Å². The van der Waals surface area contributed by atoms with Crippen LogP contribution in [0.2, 0.25) is 0 Å². The molecule has 0 heterocycles. The van der Waals surface area contributed by atoms with E-state index in [2.05, 4.69) is 25.1 Å². The number of rotatable bonds is 2. The molecule has 0 fully saturated rings. The smallest absolute Gasteiger partial charge is 0.163 e. The topological polar surface area (TPSA) is 17.1 Å². The van der Waals surface area contributed by atoms with Gasteiger partial charge in [-0.05, 0) is 17.7 Å². The summed E-state index contributed by atoms with van der Waals surface area (Å²) in [4.78, 5) is 11.7. The molecule has 0 unspecified atom stereocenters. The maximum absolute atomic E-state index is 11.7. The van der Waals surface area contributed by atoms with Gasteiger partial charge in [0, 0.05) is 12.0 Å². The van der Waals surface area contributed by atoms with Crippen molar-refractivity contribution in [2.75, 3.05) is 0 Å². The molecule has 0 radical (unpaired) electrons. The van der Waals surface area contributed by atoms with Crippen molar-refractivity contribution in [2.45, 2.75) is 20.3 Å². The Morgan fingerprint density at radius 2 is 2.00 bits per heavy atom. The minimum atomic E-state index is 0.212. The summed E-state index contributed by atoms with van der Waals surface area (Å²) in [6, 6.07) is 12.1. The van der Waals surface area contributed by atoms with Gasteiger partial charge in [-0.25, -0.2) is 0 Å². The zero-order valence-corrected chi connectivity index (χ0v) is 9.08. The number of carbonyl (C=O) groups excluding carboxylic acids is 1. The molecule has 0 atom stereocenters. The van der Waals surface area contributed by atoms with Crippen molar-refractivity contribution in [1.29, 1.82) is 0 Å². The Morgan fingerprint density at radius 3 is 2.73 bits per heavy atom. The molecule has 0 N–H and O–H groups in total. The first-order chi connectivity index (χ1) is 7.22. The quantitative estimate of drug-likeness (QED) is 0.672. The average Bonchev–Trinajstić information content (AvgIpc) is 2.26. The number of ketones is 1. The molecule has 0 spiro atoms. The van der Waals surface area contributed by atoms with E-state index in [1.54, 1.807) is 0 Å². The Morgan fingerprint density at radius 1 is 1.20 bits per heavy atom. The molecule has 0 aliphatic rings. The number of aryl methyl sites for hydroxylation is 1. The summed E-state index contributed by atoms with van der Waals surface area (Å²) in [5.41, 5.74) is 2.07. The molecule has 0 bridgehead atoms. The monoisotopic (exact) mass is 198 g/mol. The molecule has 1 nitrogen and oxygen atoms in total. The minimum absolute atomic E-state index is 0.212. The van der Waals surface area contributed by atoms with Crippen molar-refractivity contribution in [3.63, 3.8) is 0 Å². The van der Waals surface area contributed by atoms with Crippen molar-refractivity contribution in [2.24, 2.45) is 0 Å². The van der Waals surface area contributed by atoms with Gasteiger partial charge >= 0.3 is 0 Å². The lowest BCUT2D eigenvalue weighted by atomic mass is 9.99. The van der Waals surface area contributed by atoms with Crippen molar-refractivity contribution in [3.05, 3.63) is 47.5 Å². The first-order valence-corrected chi connectivity index (χ1v) is 5.25. The van der Waals surface area contributed by atoms with Gasteiger partial charge in [0.05, 0.1) is 0 Å². The summed E-state index contributed by atoms with van der Waals surface area (Å²) < 4.78 is 0. The number of hydrogen-bond donors (Lipinski definition) is 0. The van der Waals surface area contributed by atoms with Crippen LogP contribution in [0, 0.1) is 6.92 Å². The van der Waals surface area contributed by atoms with Crippen LogP contribution >= 0.6 is 0 Å². The van der Waals surface area contributed by atoms with Crippen LogP contribution in [0.4, 0.5) is 0 Å². The van der Waals surface area contributed by atoms with E-state index in [1.807, 2.05) is 25.1 Å². The van der Waals surface area contributed by atoms with Crippen molar-refractivity contribution in [3.8, 4) is 0 Å². The molecule has 0 aliphatic carbocycles. The molecular formula is C14H14O. The zero-order valence-electron chi connectivity index (χ0n) is 9.08. The van der Waals surface area contributed by atoms with Crippen LogP contribution in [0.1, 0.15) is 29.3 Å². The van der Waals surface area contributed by atoms with Crippen LogP contribution in [0.3, 0.4) is 0 Å². The molecule has 76 valence electrons. The predicted octanol–water partition coefficient (Wildman–Crippen LogP) is 3.74. The fraction of sp³-hybridized carbons (Fsp3) is 0.214. The maximum Gasteiger partial charge on any atom is 0.163 e. The maximum atomic E-state index is 11.7. The van der Waals surface area contributed by atoms with Crippen LogP contribution in [-0.2, 0) is 0 Å². The highest BCUT2D eigenvalue weighted by molar-refractivity contribution is 6.08. The Bertz CT molecular complexity index is 512. The van der Waals surface area contributed by atoms with E-state index in [9.17, 15) is 4.79 Å². The largest absolute Gasteiger partial charge is 0.294 e. The van der Waals surface area contributed by atoms with Gasteiger partial charge in [-0.2, -0.15) is 0 Å². The summed E-state index contributed by atoms with van der Waals surface area (Å²) in [6.45, 7) is 3.96. The summed E-state index contributed by atoms with van der Waals surface area (Å²) in [6.07, 6.45) is 0.562. The minimum Gasteiger partial charge on any atom is -0.294 e. The Hall–Kier alpha value is -1.63. The standard InChI is InChI=1S/C14H14O/c1-3-14(15)13-6-4-5-11-9-10(2)7-8-12(11)13/h4-9H,3H2,1-2H3. The highest BCUT2D eigenvalue weighted by atomic mass is 16.1. The van der Waals surface area contributed by atoms with Gasteiger partial charge in [0.25, 0.3) is 0 Å². The summed E-state index contributed by atoms with van der Waals surface area (Å²) in [5, 5.41) is 2.21. The van der Waals surface area contributed by atoms with Crippen molar-refractivity contribution < 1.29 is 4.79 Å². The second kappa shape index (κ2) is 3.85. The van der Waals surface area contributed by atoms with Gasteiger partial charge in [-0.3, -0.25) is 4.79 Å². The fourth-order valence-corrected chi connectivity index (χ4v) is 1.84. The fourth-order valence-electron chi connectivity index (χ4n) is 1.84. The second-order valence-corrected chi connectivity index (χ2v) is 3.81. The number of fused-ring (bicyclic) bond motifs is 1. The molecule has 0 saturated carbocycles. The van der Waals surface area contributed by atoms with Gasteiger partial charge in [0.15, 0.2) is 5.78 Å². The van der Waals surface area contributed by atoms with E-state index in [4.69, 9.17) is 0 Å². The van der Waals surface area contributed by atoms with Crippen LogP contribution in [-0.4, -0.2) is 5.78 Å². The first kappa shape index (κ1) is 9.91. The third-order valence-corrected chi connectivity index (χ3v) is 2.66. The Kier molecular flexibility index (Phi) is 2.55. The Labute approximate surface area is 89.7 Å². The zero-order chi connectivity index (χ0) is 10.8. The van der Waals surface area contributed by atoms with E-state index >= 15 is 0 Å². The molecule has 0 aromatic heterocycles. The lowest BCUT2D eigenvalue weighted by Gasteiger charge is -2.05. The van der Waals surface area contributed by atoms with Gasteiger partial charge in [-0.1, -0.05) is 48.9 Å². The molecular weight excluding hydrogens is 184 g/mol. The molecule has 0 saturated heterocycles. The summed E-state index contributed by atoms with van der Waals surface area (Å²) >= 11 is 0. The lowest BCUT2D eigenvalue weighted by Crippen LogP contribution is -1.97. The SMILES string of the molecule is CCC(=O)c1cccc2cc(C)ccc12. The van der Waals surface area contributed by atoms with Gasteiger partial charge < -0.3 is 0 Å². The molecule has 0 amide bonds. The number of Topliss-reactive ketones (excluding diaryl/α,β-unsaturated/α-hetero) is 1. The van der Waals surface area contributed by atoms with Gasteiger partial charge in [-0.15, -0.1) is 0 Å². The average molecular weight is 198 g/mol. The summed E-state index contributed by atoms with van der Waals surface area (Å²) in [7, 11) is 0. The summed E-state index contributed by atoms with van der Waals surface area (Å²) in [5.74, 6) is 0.212.